The third-order valence-corrected chi connectivity index (χ3v) is 8.83. The molecular formula is C19H15BrClFN2O3S2. The minimum absolute atomic E-state index is 0.00796. The summed E-state index contributed by atoms with van der Waals surface area (Å²) in [5.41, 5.74) is 0.852. The van der Waals surface area contributed by atoms with Crippen molar-refractivity contribution in [2.24, 2.45) is 4.99 Å². The number of sulfone groups is 1. The molecule has 4 rings (SSSR count). The molecule has 5 nitrogen and oxygen atoms in total. The van der Waals surface area contributed by atoms with E-state index in [0.717, 1.165) is 0 Å². The van der Waals surface area contributed by atoms with Gasteiger partial charge in [0, 0.05) is 14.7 Å². The average Bonchev–Trinajstić information content (AvgIpc) is 3.08. The van der Waals surface area contributed by atoms with Crippen LogP contribution in [0.15, 0.2) is 51.9 Å². The number of halogens is 3. The van der Waals surface area contributed by atoms with Gasteiger partial charge in [0.15, 0.2) is 15.0 Å². The molecule has 0 radical (unpaired) electrons. The molecule has 2 aliphatic rings. The van der Waals surface area contributed by atoms with Crippen LogP contribution in [0.25, 0.3) is 0 Å². The van der Waals surface area contributed by atoms with Crippen molar-refractivity contribution in [3.8, 4) is 0 Å². The zero-order valence-electron chi connectivity index (χ0n) is 14.9. The van der Waals surface area contributed by atoms with Crippen LogP contribution in [0.1, 0.15) is 5.56 Å². The van der Waals surface area contributed by atoms with Crippen LogP contribution in [0, 0.1) is 5.82 Å². The van der Waals surface area contributed by atoms with Gasteiger partial charge in [-0.25, -0.2) is 12.8 Å². The highest BCUT2D eigenvalue weighted by atomic mass is 79.9. The maximum atomic E-state index is 14.7. The number of anilines is 1. The Balaban J connectivity index is 1.68. The summed E-state index contributed by atoms with van der Waals surface area (Å²) in [6, 6.07) is 11.1. The van der Waals surface area contributed by atoms with Crippen molar-refractivity contribution in [3.63, 3.8) is 0 Å². The number of aliphatic imine (C=N–C) groups is 1. The molecule has 10 heteroatoms. The van der Waals surface area contributed by atoms with Gasteiger partial charge in [0.25, 0.3) is 5.91 Å². The van der Waals surface area contributed by atoms with Crippen LogP contribution in [0.3, 0.4) is 0 Å². The second-order valence-corrected chi connectivity index (χ2v) is 11.5. The molecule has 0 aliphatic carbocycles. The van der Waals surface area contributed by atoms with Crippen LogP contribution < -0.4 is 4.90 Å². The zero-order valence-corrected chi connectivity index (χ0v) is 18.9. The van der Waals surface area contributed by atoms with Gasteiger partial charge in [-0.05, 0) is 29.8 Å². The fourth-order valence-corrected chi connectivity index (χ4v) is 7.93. The number of carbonyl (C=O) groups is 1. The molecule has 0 aromatic heterocycles. The van der Waals surface area contributed by atoms with Crippen molar-refractivity contribution in [2.75, 3.05) is 16.4 Å². The molecule has 0 spiro atoms. The van der Waals surface area contributed by atoms with Crippen molar-refractivity contribution in [2.45, 2.75) is 17.7 Å². The normalized spacial score (nSPS) is 24.1. The summed E-state index contributed by atoms with van der Waals surface area (Å²) < 4.78 is 39.4. The van der Waals surface area contributed by atoms with Gasteiger partial charge in [-0.1, -0.05) is 57.5 Å². The lowest BCUT2D eigenvalue weighted by Crippen LogP contribution is -2.38. The minimum Gasteiger partial charge on any atom is -0.313 e. The summed E-state index contributed by atoms with van der Waals surface area (Å²) in [6.45, 7) is 0. The number of rotatable bonds is 3. The van der Waals surface area contributed by atoms with E-state index in [-0.39, 0.29) is 28.9 Å². The Bertz CT molecular complexity index is 1130. The van der Waals surface area contributed by atoms with E-state index in [4.69, 9.17) is 11.6 Å². The molecule has 0 unspecified atom stereocenters. The number of nitrogens with zero attached hydrogens (tertiary/aromatic N) is 2. The summed E-state index contributed by atoms with van der Waals surface area (Å²) in [5.74, 6) is -1.06. The molecular weight excluding hydrogens is 503 g/mol. The second-order valence-electron chi connectivity index (χ2n) is 6.82. The summed E-state index contributed by atoms with van der Waals surface area (Å²) in [7, 11) is -3.23. The molecule has 2 fully saturated rings. The van der Waals surface area contributed by atoms with E-state index >= 15 is 0 Å². The van der Waals surface area contributed by atoms with Crippen LogP contribution in [-0.4, -0.2) is 42.3 Å². The SMILES string of the molecule is O=C(Cc1ccccc1Cl)N=C1S[C@@H]2CS(=O)(=O)C[C@@H]2N1c1ccc(Br)cc1F. The van der Waals surface area contributed by atoms with Crippen LogP contribution in [0.5, 0.6) is 0 Å². The van der Waals surface area contributed by atoms with Gasteiger partial charge in [0.1, 0.15) is 5.82 Å². The molecule has 2 aromatic carbocycles. The third-order valence-electron chi connectivity index (χ3n) is 4.76. The van der Waals surface area contributed by atoms with E-state index in [1.54, 1.807) is 41.3 Å². The third kappa shape index (κ3) is 4.38. The Kier molecular flexibility index (Phi) is 5.76. The highest BCUT2D eigenvalue weighted by Crippen LogP contribution is 2.42. The maximum Gasteiger partial charge on any atom is 0.252 e. The second kappa shape index (κ2) is 8.02. The summed E-state index contributed by atoms with van der Waals surface area (Å²) in [6.07, 6.45) is 0.00796. The molecule has 0 bridgehead atoms. The molecule has 0 N–H and O–H groups in total. The monoisotopic (exact) mass is 516 g/mol. The largest absolute Gasteiger partial charge is 0.313 e. The van der Waals surface area contributed by atoms with Gasteiger partial charge in [-0.3, -0.25) is 4.79 Å². The Labute approximate surface area is 185 Å². The molecule has 2 atom stereocenters. The summed E-state index contributed by atoms with van der Waals surface area (Å²) in [4.78, 5) is 18.3. The lowest BCUT2D eigenvalue weighted by Gasteiger charge is -2.25. The van der Waals surface area contributed by atoms with Crippen LogP contribution in [0.2, 0.25) is 5.02 Å². The number of fused-ring (bicyclic) bond motifs is 1. The Morgan fingerprint density at radius 3 is 2.76 bits per heavy atom. The van der Waals surface area contributed by atoms with Crippen molar-refractivity contribution >= 4 is 65.9 Å². The van der Waals surface area contributed by atoms with E-state index in [2.05, 4.69) is 20.9 Å². The number of hydrogen-bond acceptors (Lipinski definition) is 4. The zero-order chi connectivity index (χ0) is 20.8. The predicted octanol–water partition coefficient (Wildman–Crippen LogP) is 4.09. The number of amidine groups is 1. The molecule has 0 saturated carbocycles. The lowest BCUT2D eigenvalue weighted by atomic mass is 10.1. The molecule has 2 heterocycles. The fourth-order valence-electron chi connectivity index (χ4n) is 3.47. The molecule has 2 aromatic rings. The van der Waals surface area contributed by atoms with Gasteiger partial charge in [0.2, 0.25) is 0 Å². The smallest absolute Gasteiger partial charge is 0.252 e. The first-order chi connectivity index (χ1) is 13.7. The first-order valence-electron chi connectivity index (χ1n) is 8.70. The van der Waals surface area contributed by atoms with Gasteiger partial charge in [-0.2, -0.15) is 4.99 Å². The average molecular weight is 518 g/mol. The summed E-state index contributed by atoms with van der Waals surface area (Å²) >= 11 is 10.5. The number of hydrogen-bond donors (Lipinski definition) is 0. The number of benzene rings is 2. The highest BCUT2D eigenvalue weighted by Gasteiger charge is 2.50. The quantitative estimate of drug-likeness (QED) is 0.614. The van der Waals surface area contributed by atoms with E-state index < -0.39 is 27.6 Å². The van der Waals surface area contributed by atoms with Crippen molar-refractivity contribution < 1.29 is 17.6 Å². The van der Waals surface area contributed by atoms with Crippen molar-refractivity contribution in [1.82, 2.24) is 0 Å². The molecule has 152 valence electrons. The maximum absolute atomic E-state index is 14.7. The first-order valence-corrected chi connectivity index (χ1v) is 12.6. The van der Waals surface area contributed by atoms with E-state index in [0.29, 0.717) is 20.2 Å². The number of thioether (sulfide) groups is 1. The first kappa shape index (κ1) is 20.8. The Morgan fingerprint density at radius 2 is 2.03 bits per heavy atom. The predicted molar refractivity (Wildman–Crippen MR) is 118 cm³/mol. The highest BCUT2D eigenvalue weighted by molar-refractivity contribution is 9.10. The van der Waals surface area contributed by atoms with Gasteiger partial charge < -0.3 is 4.90 Å². The van der Waals surface area contributed by atoms with E-state index in [1.165, 1.54) is 17.8 Å². The van der Waals surface area contributed by atoms with Crippen LogP contribution in [-0.2, 0) is 21.1 Å². The van der Waals surface area contributed by atoms with Crippen LogP contribution >= 0.6 is 39.3 Å². The van der Waals surface area contributed by atoms with Crippen molar-refractivity contribution in [1.29, 1.82) is 0 Å². The Hall–Kier alpha value is -1.42. The topological polar surface area (TPSA) is 66.8 Å². The molecule has 29 heavy (non-hydrogen) atoms. The molecule has 1 amide bonds. The lowest BCUT2D eigenvalue weighted by molar-refractivity contribution is -0.117. The van der Waals surface area contributed by atoms with Gasteiger partial charge >= 0.3 is 0 Å². The van der Waals surface area contributed by atoms with E-state index in [9.17, 15) is 17.6 Å². The Morgan fingerprint density at radius 1 is 1.28 bits per heavy atom. The fraction of sp³-hybridized carbons (Fsp3) is 0.263. The minimum atomic E-state index is -3.23. The molecule has 2 saturated heterocycles. The van der Waals surface area contributed by atoms with Gasteiger partial charge in [-0.15, -0.1) is 0 Å². The van der Waals surface area contributed by atoms with Gasteiger partial charge in [0.05, 0.1) is 29.7 Å². The summed E-state index contributed by atoms with van der Waals surface area (Å²) in [5, 5.41) is 0.488. The molecule has 2 aliphatic heterocycles. The van der Waals surface area contributed by atoms with E-state index in [1.807, 2.05) is 0 Å². The van der Waals surface area contributed by atoms with Crippen molar-refractivity contribution in [3.05, 3.63) is 63.3 Å². The standard InChI is InChI=1S/C19H15BrClFN2O3S2/c20-12-5-6-15(14(22)8-12)24-16-9-29(26,27)10-17(16)28-19(24)23-18(25)7-11-3-1-2-4-13(11)21/h1-6,8,16-17H,7,9-10H2/t16-,17+/m0/s1. The van der Waals surface area contributed by atoms with Crippen LogP contribution in [0.4, 0.5) is 10.1 Å². The number of amides is 1. The number of carbonyl (C=O) groups excluding carboxylic acids is 1.